The lowest BCUT2D eigenvalue weighted by atomic mass is 9.51. The molecule has 2 unspecified atom stereocenters. The largest absolute Gasteiger partial charge is 0.331 e. The lowest BCUT2D eigenvalue weighted by molar-refractivity contribution is 0.219. The summed E-state index contributed by atoms with van der Waals surface area (Å²) in [5.41, 5.74) is 0. The minimum atomic E-state index is -0.668. The molecule has 0 aromatic carbocycles. The van der Waals surface area contributed by atoms with Gasteiger partial charge in [0.25, 0.3) is 0 Å². The van der Waals surface area contributed by atoms with Crippen LogP contribution >= 0.6 is 0 Å². The van der Waals surface area contributed by atoms with Crippen molar-refractivity contribution in [3.8, 4) is 0 Å². The minimum absolute atomic E-state index is 0.445. The maximum atomic E-state index is 6.23. The lowest BCUT2D eigenvalue weighted by Crippen LogP contribution is -2.52. The van der Waals surface area contributed by atoms with Crippen LogP contribution in [0.25, 0.3) is 0 Å². The van der Waals surface area contributed by atoms with Crippen molar-refractivity contribution < 1.29 is 0 Å². The Labute approximate surface area is 109 Å². The molecular weight excluding hydrogens is 204 g/mol. The van der Waals surface area contributed by atoms with Gasteiger partial charge in [0, 0.05) is 0 Å². The Bertz CT molecular complexity index is 222. The molecule has 3 rings (SSSR count). The number of rotatable bonds is 2. The van der Waals surface area contributed by atoms with Crippen LogP contribution in [-0.2, 0) is 0 Å². The average molecular weight is 229 g/mol. The van der Waals surface area contributed by atoms with Gasteiger partial charge in [0.15, 0.2) is 0 Å². The van der Waals surface area contributed by atoms with Gasteiger partial charge >= 0.3 is 0 Å². The van der Waals surface area contributed by atoms with Gasteiger partial charge in [-0.2, -0.15) is 0 Å². The Morgan fingerprint density at radius 2 is 1.35 bits per heavy atom. The second kappa shape index (κ2) is 5.82. The molecule has 3 heteroatoms. The molecule has 0 aromatic heterocycles. The van der Waals surface area contributed by atoms with Crippen molar-refractivity contribution in [3.63, 3.8) is 0 Å². The monoisotopic (exact) mass is 229 g/mol. The fourth-order valence-corrected chi connectivity index (χ4v) is 3.82. The number of hydrogen-bond acceptors (Lipinski definition) is 1. The first-order valence-corrected chi connectivity index (χ1v) is 7.38. The minimum Gasteiger partial charge on any atom is -0.331 e. The molecule has 17 heavy (non-hydrogen) atoms. The molecule has 0 aromatic rings. The highest BCUT2D eigenvalue weighted by atomic mass is 14.9. The summed E-state index contributed by atoms with van der Waals surface area (Å²) in [5, 5.41) is 2.46. The van der Waals surface area contributed by atoms with Crippen LogP contribution < -0.4 is 5.32 Å². The summed E-state index contributed by atoms with van der Waals surface area (Å²) in [7, 11) is 14.4. The second-order valence-electron chi connectivity index (χ2n) is 6.30. The van der Waals surface area contributed by atoms with E-state index in [1.807, 2.05) is 7.05 Å². The van der Waals surface area contributed by atoms with Gasteiger partial charge in [0.1, 0.15) is 0 Å². The summed E-state index contributed by atoms with van der Waals surface area (Å²) in [4.78, 5) is 0. The Balaban J connectivity index is 2.12. The van der Waals surface area contributed by atoms with E-state index in [0.29, 0.717) is 5.92 Å². The molecule has 0 spiro atoms. The van der Waals surface area contributed by atoms with Crippen molar-refractivity contribution >= 4 is 15.7 Å². The van der Waals surface area contributed by atoms with Crippen LogP contribution in [0.3, 0.4) is 0 Å². The molecular formula is C14H25B2N. The Hall–Kier alpha value is 0.0899. The smallest absolute Gasteiger partial charge is 0.0824 e. The van der Waals surface area contributed by atoms with Crippen LogP contribution in [-0.4, -0.2) is 28.1 Å². The Morgan fingerprint density at radius 1 is 0.882 bits per heavy atom. The van der Waals surface area contributed by atoms with E-state index in [9.17, 15) is 0 Å². The zero-order chi connectivity index (χ0) is 12.3. The van der Waals surface area contributed by atoms with E-state index >= 15 is 0 Å². The van der Waals surface area contributed by atoms with E-state index in [1.165, 1.54) is 57.8 Å². The maximum absolute atomic E-state index is 6.23. The van der Waals surface area contributed by atoms with Gasteiger partial charge in [-0.05, 0) is 37.6 Å². The van der Waals surface area contributed by atoms with Crippen molar-refractivity contribution in [1.29, 1.82) is 0 Å². The summed E-state index contributed by atoms with van der Waals surface area (Å²) in [6.07, 6.45) is 12.3. The van der Waals surface area contributed by atoms with E-state index in [4.69, 9.17) is 15.7 Å². The SMILES string of the molecule is [B]C([B])(NC)C1CC2CCCCC(CCC2)C1. The lowest BCUT2D eigenvalue weighted by Gasteiger charge is -2.40. The van der Waals surface area contributed by atoms with E-state index in [0.717, 1.165) is 11.8 Å². The van der Waals surface area contributed by atoms with Gasteiger partial charge in [-0.3, -0.25) is 0 Å². The fourth-order valence-electron chi connectivity index (χ4n) is 3.82. The van der Waals surface area contributed by atoms with Crippen LogP contribution in [0.15, 0.2) is 0 Å². The highest BCUT2D eigenvalue weighted by Crippen LogP contribution is 2.39. The van der Waals surface area contributed by atoms with Crippen LogP contribution in [0.5, 0.6) is 0 Å². The molecule has 1 N–H and O–H groups in total. The van der Waals surface area contributed by atoms with Crippen molar-refractivity contribution in [2.45, 2.75) is 63.1 Å². The second-order valence-corrected chi connectivity index (χ2v) is 6.30. The summed E-state index contributed by atoms with van der Waals surface area (Å²) in [6, 6.07) is 0. The zero-order valence-electron chi connectivity index (χ0n) is 11.3. The molecule has 4 radical (unpaired) electrons. The van der Waals surface area contributed by atoms with Crippen molar-refractivity contribution in [2.75, 3.05) is 7.05 Å². The maximum Gasteiger partial charge on any atom is 0.0824 e. The van der Waals surface area contributed by atoms with Gasteiger partial charge in [0.05, 0.1) is 15.7 Å². The first-order chi connectivity index (χ1) is 8.12. The van der Waals surface area contributed by atoms with Crippen LogP contribution in [0, 0.1) is 17.8 Å². The summed E-state index contributed by atoms with van der Waals surface area (Å²) in [5.74, 6) is 2.17. The Kier molecular flexibility index (Phi) is 4.63. The van der Waals surface area contributed by atoms with E-state index in [2.05, 4.69) is 5.32 Å². The zero-order valence-corrected chi connectivity index (χ0v) is 11.3. The average Bonchev–Trinajstić information content (AvgIpc) is 2.44. The third kappa shape index (κ3) is 3.53. The summed E-state index contributed by atoms with van der Waals surface area (Å²) >= 11 is 0. The van der Waals surface area contributed by atoms with E-state index < -0.39 is 5.34 Å². The van der Waals surface area contributed by atoms with Crippen molar-refractivity contribution in [2.24, 2.45) is 17.8 Å². The molecule has 0 saturated heterocycles. The summed E-state index contributed by atoms with van der Waals surface area (Å²) < 4.78 is 0. The topological polar surface area (TPSA) is 12.0 Å². The molecule has 2 bridgehead atoms. The molecule has 0 amide bonds. The van der Waals surface area contributed by atoms with Gasteiger partial charge in [-0.15, -0.1) is 0 Å². The van der Waals surface area contributed by atoms with Crippen LogP contribution in [0.4, 0.5) is 0 Å². The predicted octanol–water partition coefficient (Wildman–Crippen LogP) is 2.58. The standard InChI is InChI=1S/C14H25B2N/c1-17-14(15,16)13-9-11-5-2-3-6-12(10-13)8-4-7-11/h11-13,17H,2-10H2,1H3. The van der Waals surface area contributed by atoms with Crippen molar-refractivity contribution in [3.05, 3.63) is 0 Å². The molecule has 3 aliphatic carbocycles. The molecule has 3 saturated carbocycles. The van der Waals surface area contributed by atoms with Crippen molar-refractivity contribution in [1.82, 2.24) is 5.32 Å². The fraction of sp³-hybridized carbons (Fsp3) is 1.00. The van der Waals surface area contributed by atoms with E-state index in [-0.39, 0.29) is 0 Å². The predicted molar refractivity (Wildman–Crippen MR) is 75.3 cm³/mol. The van der Waals surface area contributed by atoms with Gasteiger partial charge < -0.3 is 5.32 Å². The summed E-state index contributed by atoms with van der Waals surface area (Å²) in [6.45, 7) is 0. The number of fused-ring (bicyclic) bond motifs is 7. The molecule has 0 heterocycles. The van der Waals surface area contributed by atoms with Gasteiger partial charge in [0.2, 0.25) is 0 Å². The highest BCUT2D eigenvalue weighted by molar-refractivity contribution is 6.40. The van der Waals surface area contributed by atoms with Gasteiger partial charge in [-0.1, -0.05) is 50.3 Å². The first kappa shape index (κ1) is 13.5. The molecule has 3 fully saturated rings. The molecule has 1 nitrogen and oxygen atoms in total. The highest BCUT2D eigenvalue weighted by Gasteiger charge is 2.33. The molecule has 92 valence electrons. The normalized spacial score (nSPS) is 35.7. The molecule has 0 aliphatic heterocycles. The Morgan fingerprint density at radius 3 is 1.82 bits per heavy atom. The van der Waals surface area contributed by atoms with Gasteiger partial charge in [-0.25, -0.2) is 0 Å². The first-order valence-electron chi connectivity index (χ1n) is 7.38. The van der Waals surface area contributed by atoms with Crippen LogP contribution in [0.2, 0.25) is 0 Å². The van der Waals surface area contributed by atoms with Crippen LogP contribution in [0.1, 0.15) is 57.8 Å². The molecule has 2 atom stereocenters. The number of nitrogens with one attached hydrogen (secondary N) is 1. The quantitative estimate of drug-likeness (QED) is 0.717. The molecule has 3 aliphatic rings. The number of hydrogen-bond donors (Lipinski definition) is 1. The third-order valence-corrected chi connectivity index (χ3v) is 5.04. The third-order valence-electron chi connectivity index (χ3n) is 5.04. The van der Waals surface area contributed by atoms with E-state index in [1.54, 1.807) is 0 Å².